The van der Waals surface area contributed by atoms with Crippen LogP contribution in [0.25, 0.3) is 11.0 Å². The minimum atomic E-state index is -0.832. The van der Waals surface area contributed by atoms with Crippen LogP contribution in [-0.2, 0) is 22.4 Å². The molecule has 1 saturated heterocycles. The van der Waals surface area contributed by atoms with Crippen LogP contribution in [0.5, 0.6) is 5.75 Å². The summed E-state index contributed by atoms with van der Waals surface area (Å²) >= 11 is 0. The first-order valence-corrected chi connectivity index (χ1v) is 12.8. The van der Waals surface area contributed by atoms with Gasteiger partial charge in [0.2, 0.25) is 5.91 Å². The highest BCUT2D eigenvalue weighted by Crippen LogP contribution is 2.40. The van der Waals surface area contributed by atoms with Crippen molar-refractivity contribution < 1.29 is 23.8 Å². The number of ether oxygens (including phenoxy) is 1. The fourth-order valence-electron chi connectivity index (χ4n) is 6.06. The number of aliphatic hydroxyl groups is 1. The number of nitrogens with zero attached hydrogens (tertiary/aromatic N) is 1. The maximum Gasteiger partial charge on any atom is 0.339 e. The smallest absolute Gasteiger partial charge is 0.339 e. The van der Waals surface area contributed by atoms with E-state index in [9.17, 15) is 19.5 Å². The van der Waals surface area contributed by atoms with Crippen LogP contribution >= 0.6 is 0 Å². The molecule has 0 radical (unpaired) electrons. The molecule has 1 saturated carbocycles. The minimum Gasteiger partial charge on any atom is -0.480 e. The first-order valence-electron chi connectivity index (χ1n) is 12.8. The van der Waals surface area contributed by atoms with Gasteiger partial charge in [-0.2, -0.15) is 0 Å². The molecule has 1 aromatic carbocycles. The van der Waals surface area contributed by atoms with Crippen molar-refractivity contribution in [3.63, 3.8) is 0 Å². The van der Waals surface area contributed by atoms with Gasteiger partial charge in [-0.1, -0.05) is 12.8 Å². The van der Waals surface area contributed by atoms with Gasteiger partial charge >= 0.3 is 5.63 Å². The zero-order valence-corrected chi connectivity index (χ0v) is 20.5. The summed E-state index contributed by atoms with van der Waals surface area (Å²) < 4.78 is 11.6. The third kappa shape index (κ3) is 4.56. The van der Waals surface area contributed by atoms with Crippen LogP contribution in [0, 0.1) is 12.8 Å². The summed E-state index contributed by atoms with van der Waals surface area (Å²) in [6, 6.07) is 3.67. The summed E-state index contributed by atoms with van der Waals surface area (Å²) in [5, 5.41) is 14.3. The predicted octanol–water partition coefficient (Wildman–Crippen LogP) is 2.63. The summed E-state index contributed by atoms with van der Waals surface area (Å²) in [5.74, 6) is 0.110. The monoisotopic (exact) mass is 482 g/mol. The number of aryl methyl sites for hydroxylation is 2. The molecule has 1 aliphatic heterocycles. The number of hydrogen-bond donors (Lipinski definition) is 2. The molecule has 1 aromatic heterocycles. The summed E-state index contributed by atoms with van der Waals surface area (Å²) in [4.78, 5) is 39.7. The number of rotatable bonds is 5. The van der Waals surface area contributed by atoms with Gasteiger partial charge in [0.1, 0.15) is 11.3 Å². The summed E-state index contributed by atoms with van der Waals surface area (Å²) in [7, 11) is 0. The second kappa shape index (κ2) is 9.30. The molecule has 2 amide bonds. The largest absolute Gasteiger partial charge is 0.480 e. The van der Waals surface area contributed by atoms with Crippen LogP contribution in [-0.4, -0.2) is 53.2 Å². The number of amides is 2. The molecule has 0 bridgehead atoms. The van der Waals surface area contributed by atoms with Gasteiger partial charge in [0.05, 0.1) is 17.5 Å². The molecule has 5 rings (SSSR count). The Kier molecular flexibility index (Phi) is 6.34. The lowest BCUT2D eigenvalue weighted by Gasteiger charge is -2.47. The number of carbonyl (C=O) groups is 2. The Labute approximate surface area is 204 Å². The van der Waals surface area contributed by atoms with E-state index in [-0.39, 0.29) is 29.9 Å². The zero-order chi connectivity index (χ0) is 24.7. The standard InChI is InChI=1S/C27H34N2O6/c1-16-12-21(24-19-7-5-8-20(19)26(32)35-22(24)13-16)34-17(2)25(31)28-14-23(30)29-11-10-27(33)9-4-3-6-18(27)15-29/h12-13,17-18,33H,3-11,14-15H2,1-2H3,(H,28,31)/t17-,18-,27+/m1/s1. The van der Waals surface area contributed by atoms with Crippen LogP contribution in [0.3, 0.4) is 0 Å². The van der Waals surface area contributed by atoms with E-state index in [1.165, 1.54) is 0 Å². The van der Waals surface area contributed by atoms with E-state index in [2.05, 4.69) is 5.32 Å². The molecule has 0 spiro atoms. The molecule has 3 aliphatic rings. The normalized spacial score (nSPS) is 24.5. The lowest BCUT2D eigenvalue weighted by molar-refractivity contribution is -0.144. The number of nitrogens with one attached hydrogen (secondary N) is 1. The van der Waals surface area contributed by atoms with Crippen molar-refractivity contribution in [2.24, 2.45) is 5.92 Å². The molecule has 8 heteroatoms. The minimum absolute atomic E-state index is 0.101. The van der Waals surface area contributed by atoms with Crippen molar-refractivity contribution in [3.8, 4) is 5.75 Å². The van der Waals surface area contributed by atoms with Crippen LogP contribution in [0.15, 0.2) is 21.3 Å². The highest BCUT2D eigenvalue weighted by atomic mass is 16.5. The molecule has 188 valence electrons. The predicted molar refractivity (Wildman–Crippen MR) is 130 cm³/mol. The Morgan fingerprint density at radius 1 is 1.23 bits per heavy atom. The number of hydrogen-bond acceptors (Lipinski definition) is 6. The number of likely N-dealkylation sites (tertiary alicyclic amines) is 1. The van der Waals surface area contributed by atoms with Crippen molar-refractivity contribution in [1.29, 1.82) is 0 Å². The third-order valence-electron chi connectivity index (χ3n) is 8.05. The Morgan fingerprint density at radius 3 is 2.86 bits per heavy atom. The zero-order valence-electron chi connectivity index (χ0n) is 20.5. The molecule has 35 heavy (non-hydrogen) atoms. The van der Waals surface area contributed by atoms with Crippen LogP contribution in [0.2, 0.25) is 0 Å². The van der Waals surface area contributed by atoms with Crippen LogP contribution < -0.4 is 15.7 Å². The average molecular weight is 483 g/mol. The second-order valence-corrected chi connectivity index (χ2v) is 10.5. The molecular weight excluding hydrogens is 448 g/mol. The lowest BCUT2D eigenvalue weighted by atomic mass is 9.71. The van der Waals surface area contributed by atoms with E-state index >= 15 is 0 Å². The quantitative estimate of drug-likeness (QED) is 0.634. The van der Waals surface area contributed by atoms with Gasteiger partial charge in [-0.15, -0.1) is 0 Å². The molecule has 8 nitrogen and oxygen atoms in total. The van der Waals surface area contributed by atoms with Crippen molar-refractivity contribution in [1.82, 2.24) is 10.2 Å². The summed E-state index contributed by atoms with van der Waals surface area (Å²) in [6.45, 7) is 4.49. The first kappa shape index (κ1) is 23.9. The molecule has 3 atom stereocenters. The fraction of sp³-hybridized carbons (Fsp3) is 0.593. The van der Waals surface area contributed by atoms with Gasteiger partial charge in [0.15, 0.2) is 6.10 Å². The molecule has 0 unspecified atom stereocenters. The van der Waals surface area contributed by atoms with Gasteiger partial charge < -0.3 is 24.5 Å². The maximum atomic E-state index is 12.8. The van der Waals surface area contributed by atoms with E-state index in [0.29, 0.717) is 42.8 Å². The Bertz CT molecular complexity index is 1220. The second-order valence-electron chi connectivity index (χ2n) is 10.5. The highest BCUT2D eigenvalue weighted by Gasteiger charge is 2.43. The van der Waals surface area contributed by atoms with Crippen molar-refractivity contribution >= 4 is 22.8 Å². The lowest BCUT2D eigenvalue weighted by Crippen LogP contribution is -2.56. The van der Waals surface area contributed by atoms with Gasteiger partial charge in [0, 0.05) is 24.6 Å². The molecule has 2 N–H and O–H groups in total. The summed E-state index contributed by atoms with van der Waals surface area (Å²) in [6.07, 6.45) is 5.99. The molecule has 2 aliphatic carbocycles. The third-order valence-corrected chi connectivity index (χ3v) is 8.05. The Balaban J connectivity index is 1.24. The van der Waals surface area contributed by atoms with Gasteiger partial charge in [-0.05, 0) is 75.6 Å². The van der Waals surface area contributed by atoms with Crippen molar-refractivity contribution in [2.45, 2.75) is 76.9 Å². The van der Waals surface area contributed by atoms with E-state index in [1.807, 2.05) is 19.1 Å². The van der Waals surface area contributed by atoms with Gasteiger partial charge in [-0.25, -0.2) is 4.79 Å². The topological polar surface area (TPSA) is 109 Å². The average Bonchev–Trinajstić information content (AvgIpc) is 3.32. The first-order chi connectivity index (χ1) is 16.7. The molecular formula is C27H34N2O6. The van der Waals surface area contributed by atoms with Crippen molar-refractivity contribution in [2.75, 3.05) is 19.6 Å². The Morgan fingerprint density at radius 2 is 2.03 bits per heavy atom. The maximum absolute atomic E-state index is 12.8. The number of fused-ring (bicyclic) bond motifs is 4. The SMILES string of the molecule is Cc1cc(O[C@H](C)C(=O)NCC(=O)N2CC[C@@]3(O)CCCC[C@@H]3C2)c2c3c(c(=O)oc2c1)CCC3. The molecule has 2 aromatic rings. The fourth-order valence-corrected chi connectivity index (χ4v) is 6.06. The van der Waals surface area contributed by atoms with Crippen LogP contribution in [0.1, 0.15) is 62.1 Å². The van der Waals surface area contributed by atoms with E-state index in [0.717, 1.165) is 55.0 Å². The van der Waals surface area contributed by atoms with E-state index < -0.39 is 11.7 Å². The molecule has 2 fully saturated rings. The highest BCUT2D eigenvalue weighted by molar-refractivity contribution is 5.90. The van der Waals surface area contributed by atoms with Crippen LogP contribution in [0.4, 0.5) is 0 Å². The number of piperidine rings is 1. The van der Waals surface area contributed by atoms with E-state index in [4.69, 9.17) is 9.15 Å². The number of benzene rings is 1. The van der Waals surface area contributed by atoms with E-state index in [1.54, 1.807) is 11.8 Å². The summed E-state index contributed by atoms with van der Waals surface area (Å²) in [5.41, 5.74) is 2.04. The molecule has 2 heterocycles. The Hall–Kier alpha value is -2.87. The van der Waals surface area contributed by atoms with Gasteiger partial charge in [-0.3, -0.25) is 9.59 Å². The number of carbonyl (C=O) groups excluding carboxylic acids is 2. The van der Waals surface area contributed by atoms with Crippen molar-refractivity contribution in [3.05, 3.63) is 39.2 Å². The van der Waals surface area contributed by atoms with Gasteiger partial charge in [0.25, 0.3) is 5.91 Å².